The number of carbonyl (C=O) groups excluding carboxylic acids is 1. The van der Waals surface area contributed by atoms with Crippen LogP contribution in [0.2, 0.25) is 0 Å². The lowest BCUT2D eigenvalue weighted by atomic mass is 9.88. The highest BCUT2D eigenvalue weighted by Crippen LogP contribution is 2.32. The Balaban J connectivity index is 1.62. The van der Waals surface area contributed by atoms with Crippen LogP contribution >= 0.6 is 0 Å². The molecule has 4 heteroatoms. The van der Waals surface area contributed by atoms with E-state index in [-0.39, 0.29) is 11.8 Å². The fourth-order valence-corrected chi connectivity index (χ4v) is 4.12. The predicted molar refractivity (Wildman–Crippen MR) is 106 cm³/mol. The number of H-pyrrole nitrogens is 1. The zero-order valence-electron chi connectivity index (χ0n) is 15.4. The Labute approximate surface area is 154 Å². The Kier molecular flexibility index (Phi) is 4.49. The molecule has 1 heterocycles. The van der Waals surface area contributed by atoms with E-state index in [0.29, 0.717) is 5.82 Å². The third kappa shape index (κ3) is 3.12. The monoisotopic (exact) mass is 347 g/mol. The van der Waals surface area contributed by atoms with Crippen LogP contribution in [0, 0.1) is 19.8 Å². The Morgan fingerprint density at radius 3 is 2.54 bits per heavy atom. The number of nitrogens with zero attached hydrogens (tertiary/aromatic N) is 1. The van der Waals surface area contributed by atoms with Gasteiger partial charge in [0.05, 0.1) is 5.52 Å². The summed E-state index contributed by atoms with van der Waals surface area (Å²) in [6, 6.07) is 12.6. The number of benzene rings is 2. The van der Waals surface area contributed by atoms with Crippen molar-refractivity contribution >= 4 is 22.6 Å². The van der Waals surface area contributed by atoms with Crippen molar-refractivity contribution in [3.63, 3.8) is 0 Å². The highest BCUT2D eigenvalue weighted by molar-refractivity contribution is 6.01. The first-order chi connectivity index (χ1) is 12.6. The molecule has 1 amide bonds. The number of hydrogen-bond acceptors (Lipinski definition) is 2. The number of rotatable bonds is 3. The number of fused-ring (bicyclic) bond motifs is 1. The quantitative estimate of drug-likeness (QED) is 0.669. The second-order valence-electron chi connectivity index (χ2n) is 7.42. The summed E-state index contributed by atoms with van der Waals surface area (Å²) >= 11 is 0. The van der Waals surface area contributed by atoms with E-state index in [4.69, 9.17) is 0 Å². The minimum atomic E-state index is 0.108. The molecule has 134 valence electrons. The summed E-state index contributed by atoms with van der Waals surface area (Å²) in [5, 5.41) is 11.4. The molecule has 26 heavy (non-hydrogen) atoms. The molecule has 4 nitrogen and oxygen atoms in total. The SMILES string of the molecule is Cc1cccc(C)c1-c1ccc2c(NC(=O)C3CCCCC3)n[nH]c2c1. The number of aromatic nitrogens is 2. The van der Waals surface area contributed by atoms with Crippen LogP contribution in [-0.2, 0) is 4.79 Å². The van der Waals surface area contributed by atoms with Gasteiger partial charge in [-0.3, -0.25) is 9.89 Å². The average Bonchev–Trinajstić information content (AvgIpc) is 3.04. The van der Waals surface area contributed by atoms with Gasteiger partial charge in [0, 0.05) is 11.3 Å². The lowest BCUT2D eigenvalue weighted by molar-refractivity contribution is -0.120. The van der Waals surface area contributed by atoms with E-state index in [1.807, 2.05) is 0 Å². The maximum Gasteiger partial charge on any atom is 0.228 e. The smallest absolute Gasteiger partial charge is 0.228 e. The number of aromatic amines is 1. The molecule has 1 fully saturated rings. The molecule has 0 spiro atoms. The highest BCUT2D eigenvalue weighted by atomic mass is 16.1. The zero-order chi connectivity index (χ0) is 18.1. The third-order valence-electron chi connectivity index (χ3n) is 5.55. The molecule has 2 aromatic carbocycles. The normalized spacial score (nSPS) is 15.3. The van der Waals surface area contributed by atoms with Gasteiger partial charge in [0.15, 0.2) is 5.82 Å². The summed E-state index contributed by atoms with van der Waals surface area (Å²) in [7, 11) is 0. The van der Waals surface area contributed by atoms with Crippen molar-refractivity contribution in [2.45, 2.75) is 46.0 Å². The summed E-state index contributed by atoms with van der Waals surface area (Å²) in [5.74, 6) is 0.880. The molecule has 2 N–H and O–H groups in total. The minimum absolute atomic E-state index is 0.108. The van der Waals surface area contributed by atoms with Crippen molar-refractivity contribution < 1.29 is 4.79 Å². The molecular weight excluding hydrogens is 322 g/mol. The molecule has 4 rings (SSSR count). The van der Waals surface area contributed by atoms with Gasteiger partial charge in [0.2, 0.25) is 5.91 Å². The molecule has 1 aliphatic rings. The molecule has 1 aromatic heterocycles. The molecule has 0 unspecified atom stereocenters. The number of nitrogens with one attached hydrogen (secondary N) is 2. The molecule has 1 aliphatic carbocycles. The number of anilines is 1. The van der Waals surface area contributed by atoms with E-state index in [1.165, 1.54) is 28.7 Å². The van der Waals surface area contributed by atoms with Gasteiger partial charge in [-0.05, 0) is 61.1 Å². The first-order valence-corrected chi connectivity index (χ1v) is 9.49. The standard InChI is InChI=1S/C22H25N3O/c1-14-7-6-8-15(2)20(14)17-11-12-18-19(13-17)24-25-21(18)23-22(26)16-9-4-3-5-10-16/h6-8,11-13,16H,3-5,9-10H2,1-2H3,(H2,23,24,25,26). The van der Waals surface area contributed by atoms with Crippen molar-refractivity contribution in [2.24, 2.45) is 5.92 Å². The largest absolute Gasteiger partial charge is 0.308 e. The zero-order valence-corrected chi connectivity index (χ0v) is 15.4. The first-order valence-electron chi connectivity index (χ1n) is 9.49. The van der Waals surface area contributed by atoms with Crippen LogP contribution in [0.15, 0.2) is 36.4 Å². The number of hydrogen-bond donors (Lipinski definition) is 2. The molecule has 1 saturated carbocycles. The Bertz CT molecular complexity index is 931. The summed E-state index contributed by atoms with van der Waals surface area (Å²) in [5.41, 5.74) is 5.90. The van der Waals surface area contributed by atoms with Crippen LogP contribution in [0.4, 0.5) is 5.82 Å². The summed E-state index contributed by atoms with van der Waals surface area (Å²) < 4.78 is 0. The minimum Gasteiger partial charge on any atom is -0.308 e. The molecule has 3 aromatic rings. The van der Waals surface area contributed by atoms with Crippen molar-refractivity contribution in [1.29, 1.82) is 0 Å². The number of aryl methyl sites for hydroxylation is 2. The van der Waals surface area contributed by atoms with Crippen LogP contribution in [0.5, 0.6) is 0 Å². The number of amides is 1. The van der Waals surface area contributed by atoms with Gasteiger partial charge in [0.25, 0.3) is 0 Å². The summed E-state index contributed by atoms with van der Waals surface area (Å²) in [4.78, 5) is 12.5. The van der Waals surface area contributed by atoms with Crippen molar-refractivity contribution in [2.75, 3.05) is 5.32 Å². The Morgan fingerprint density at radius 2 is 1.81 bits per heavy atom. The van der Waals surface area contributed by atoms with Gasteiger partial charge in [-0.15, -0.1) is 0 Å². The van der Waals surface area contributed by atoms with E-state index in [9.17, 15) is 4.79 Å². The molecule has 0 aliphatic heterocycles. The number of carbonyl (C=O) groups is 1. The van der Waals surface area contributed by atoms with Gasteiger partial charge in [-0.25, -0.2) is 0 Å². The fourth-order valence-electron chi connectivity index (χ4n) is 4.12. The molecule has 0 radical (unpaired) electrons. The van der Waals surface area contributed by atoms with E-state index in [2.05, 4.69) is 65.8 Å². The van der Waals surface area contributed by atoms with E-state index in [1.54, 1.807) is 0 Å². The van der Waals surface area contributed by atoms with Crippen LogP contribution in [0.3, 0.4) is 0 Å². The third-order valence-corrected chi connectivity index (χ3v) is 5.55. The summed E-state index contributed by atoms with van der Waals surface area (Å²) in [6.45, 7) is 4.27. The maximum absolute atomic E-state index is 12.5. The van der Waals surface area contributed by atoms with Crippen LogP contribution in [0.25, 0.3) is 22.0 Å². The topological polar surface area (TPSA) is 57.8 Å². The van der Waals surface area contributed by atoms with E-state index >= 15 is 0 Å². The lowest BCUT2D eigenvalue weighted by Crippen LogP contribution is -2.24. The Morgan fingerprint density at radius 1 is 1.08 bits per heavy atom. The van der Waals surface area contributed by atoms with Gasteiger partial charge < -0.3 is 5.32 Å². The molecular formula is C22H25N3O. The Hall–Kier alpha value is -2.62. The fraction of sp³-hybridized carbons (Fsp3) is 0.364. The van der Waals surface area contributed by atoms with Gasteiger partial charge in [-0.2, -0.15) is 5.10 Å². The van der Waals surface area contributed by atoms with Crippen molar-refractivity contribution in [1.82, 2.24) is 10.2 Å². The maximum atomic E-state index is 12.5. The summed E-state index contributed by atoms with van der Waals surface area (Å²) in [6.07, 6.45) is 5.53. The van der Waals surface area contributed by atoms with Crippen LogP contribution < -0.4 is 5.32 Å². The molecule has 0 atom stereocenters. The van der Waals surface area contributed by atoms with Crippen molar-refractivity contribution in [3.8, 4) is 11.1 Å². The lowest BCUT2D eigenvalue weighted by Gasteiger charge is -2.20. The van der Waals surface area contributed by atoms with E-state index in [0.717, 1.165) is 36.6 Å². The van der Waals surface area contributed by atoms with E-state index < -0.39 is 0 Å². The first kappa shape index (κ1) is 16.8. The van der Waals surface area contributed by atoms with Crippen molar-refractivity contribution in [3.05, 3.63) is 47.5 Å². The van der Waals surface area contributed by atoms with Crippen LogP contribution in [0.1, 0.15) is 43.2 Å². The highest BCUT2D eigenvalue weighted by Gasteiger charge is 2.22. The molecule has 0 bridgehead atoms. The van der Waals surface area contributed by atoms with Gasteiger partial charge in [-0.1, -0.05) is 43.5 Å². The second-order valence-corrected chi connectivity index (χ2v) is 7.42. The molecule has 0 saturated heterocycles. The average molecular weight is 347 g/mol. The van der Waals surface area contributed by atoms with Crippen LogP contribution in [-0.4, -0.2) is 16.1 Å². The van der Waals surface area contributed by atoms with Gasteiger partial charge >= 0.3 is 0 Å². The predicted octanol–water partition coefficient (Wildman–Crippen LogP) is 5.37. The second kappa shape index (κ2) is 6.94. The van der Waals surface area contributed by atoms with Gasteiger partial charge in [0.1, 0.15) is 0 Å².